The standard InChI is InChI=1S/C22H28ClFO2/c23-20-13-12-19(14-21(20)24)18-10-8-17(9-11-18)16-6-4-15(5-7-16)2-1-3-22(25)26/h1-2,12-18H,3-11H2,(H,25,26)/t15-,16-,17-,18-. The second-order valence-corrected chi connectivity index (χ2v) is 8.39. The van der Waals surface area contributed by atoms with Gasteiger partial charge in [-0.2, -0.15) is 0 Å². The predicted molar refractivity (Wildman–Crippen MR) is 103 cm³/mol. The summed E-state index contributed by atoms with van der Waals surface area (Å²) in [6.07, 6.45) is 13.7. The fraction of sp³-hybridized carbons (Fsp3) is 0.591. The van der Waals surface area contributed by atoms with E-state index in [0.29, 0.717) is 11.8 Å². The molecule has 26 heavy (non-hydrogen) atoms. The van der Waals surface area contributed by atoms with Gasteiger partial charge in [0.2, 0.25) is 0 Å². The second-order valence-electron chi connectivity index (χ2n) is 7.99. The zero-order valence-corrected chi connectivity index (χ0v) is 15.9. The number of rotatable bonds is 5. The van der Waals surface area contributed by atoms with Crippen LogP contribution < -0.4 is 0 Å². The van der Waals surface area contributed by atoms with Gasteiger partial charge < -0.3 is 5.11 Å². The van der Waals surface area contributed by atoms with Crippen molar-refractivity contribution in [1.82, 2.24) is 0 Å². The fourth-order valence-electron chi connectivity index (χ4n) is 4.86. The Morgan fingerprint density at radius 3 is 2.27 bits per heavy atom. The zero-order valence-electron chi connectivity index (χ0n) is 15.2. The van der Waals surface area contributed by atoms with E-state index in [0.717, 1.165) is 30.2 Å². The minimum atomic E-state index is -0.757. The number of allylic oxidation sites excluding steroid dienone is 1. The van der Waals surface area contributed by atoms with Crippen molar-refractivity contribution in [1.29, 1.82) is 0 Å². The summed E-state index contributed by atoms with van der Waals surface area (Å²) in [6.45, 7) is 0. The molecule has 0 unspecified atom stereocenters. The first-order chi connectivity index (χ1) is 12.5. The van der Waals surface area contributed by atoms with Crippen LogP contribution in [-0.2, 0) is 4.79 Å². The molecule has 1 aromatic rings. The van der Waals surface area contributed by atoms with E-state index >= 15 is 0 Å². The molecule has 2 saturated carbocycles. The number of carbonyl (C=O) groups is 1. The molecule has 0 amide bonds. The number of carboxylic acids is 1. The van der Waals surface area contributed by atoms with Crippen molar-refractivity contribution in [2.45, 2.75) is 63.7 Å². The molecule has 0 heterocycles. The lowest BCUT2D eigenvalue weighted by Crippen LogP contribution is -2.25. The molecule has 1 N–H and O–H groups in total. The van der Waals surface area contributed by atoms with Gasteiger partial charge >= 0.3 is 5.97 Å². The maximum absolute atomic E-state index is 13.7. The monoisotopic (exact) mass is 378 g/mol. The van der Waals surface area contributed by atoms with Gasteiger partial charge in [0.15, 0.2) is 0 Å². The molecular weight excluding hydrogens is 351 g/mol. The highest BCUT2D eigenvalue weighted by Gasteiger charge is 2.30. The maximum atomic E-state index is 13.7. The third-order valence-corrected chi connectivity index (χ3v) is 6.68. The lowest BCUT2D eigenvalue weighted by molar-refractivity contribution is -0.136. The maximum Gasteiger partial charge on any atom is 0.307 e. The van der Waals surface area contributed by atoms with E-state index < -0.39 is 5.97 Å². The van der Waals surface area contributed by atoms with Gasteiger partial charge in [-0.15, -0.1) is 0 Å². The topological polar surface area (TPSA) is 37.3 Å². The lowest BCUT2D eigenvalue weighted by Gasteiger charge is -2.37. The molecule has 3 rings (SSSR count). The van der Waals surface area contributed by atoms with E-state index in [2.05, 4.69) is 6.08 Å². The molecule has 0 bridgehead atoms. The van der Waals surface area contributed by atoms with Crippen molar-refractivity contribution in [2.75, 3.05) is 0 Å². The van der Waals surface area contributed by atoms with Crippen molar-refractivity contribution in [3.63, 3.8) is 0 Å². The van der Waals surface area contributed by atoms with Crippen LogP contribution in [0.3, 0.4) is 0 Å². The summed E-state index contributed by atoms with van der Waals surface area (Å²) in [5.41, 5.74) is 1.10. The third kappa shape index (κ3) is 5.09. The molecule has 0 spiro atoms. The average molecular weight is 379 g/mol. The van der Waals surface area contributed by atoms with Gasteiger partial charge in [0, 0.05) is 0 Å². The molecule has 0 saturated heterocycles. The Bertz CT molecular complexity index is 642. The minimum Gasteiger partial charge on any atom is -0.481 e. The lowest BCUT2D eigenvalue weighted by atomic mass is 9.68. The first kappa shape index (κ1) is 19.4. The first-order valence-corrected chi connectivity index (χ1v) is 10.2. The van der Waals surface area contributed by atoms with Gasteiger partial charge in [-0.05, 0) is 92.7 Å². The van der Waals surface area contributed by atoms with Gasteiger partial charge in [0.25, 0.3) is 0 Å². The molecule has 0 atom stereocenters. The van der Waals surface area contributed by atoms with Crippen LogP contribution in [0.15, 0.2) is 30.4 Å². The molecule has 0 aromatic heterocycles. The van der Waals surface area contributed by atoms with Crippen molar-refractivity contribution in [3.8, 4) is 0 Å². The van der Waals surface area contributed by atoms with Crippen LogP contribution in [0, 0.1) is 23.6 Å². The largest absolute Gasteiger partial charge is 0.481 e. The van der Waals surface area contributed by atoms with Gasteiger partial charge in [-0.25, -0.2) is 4.39 Å². The first-order valence-electron chi connectivity index (χ1n) is 9.86. The molecule has 2 nitrogen and oxygen atoms in total. The SMILES string of the molecule is O=C(O)CC=C[C@H]1CC[C@H]([C@H]2CC[C@H](c3ccc(Cl)c(F)c3)CC2)CC1. The highest BCUT2D eigenvalue weighted by molar-refractivity contribution is 6.30. The van der Waals surface area contributed by atoms with Gasteiger partial charge in [0.1, 0.15) is 5.82 Å². The van der Waals surface area contributed by atoms with Crippen LogP contribution in [0.2, 0.25) is 5.02 Å². The zero-order chi connectivity index (χ0) is 18.5. The van der Waals surface area contributed by atoms with Crippen molar-refractivity contribution < 1.29 is 14.3 Å². The summed E-state index contributed by atoms with van der Waals surface area (Å²) in [5, 5.41) is 8.91. The molecule has 2 aliphatic rings. The Labute approximate surface area is 160 Å². The Morgan fingerprint density at radius 1 is 1.08 bits per heavy atom. The number of carboxylic acid groups (broad SMARTS) is 1. The van der Waals surface area contributed by atoms with Crippen molar-refractivity contribution >= 4 is 17.6 Å². The molecule has 142 valence electrons. The normalized spacial score (nSPS) is 29.8. The summed E-state index contributed by atoms with van der Waals surface area (Å²) in [5.74, 6) is 1.56. The van der Waals surface area contributed by atoms with Crippen LogP contribution in [0.25, 0.3) is 0 Å². The van der Waals surface area contributed by atoms with Gasteiger partial charge in [-0.1, -0.05) is 29.8 Å². The Kier molecular flexibility index (Phi) is 6.74. The predicted octanol–water partition coefficient (Wildman–Crippen LogP) is 6.59. The van der Waals surface area contributed by atoms with E-state index in [4.69, 9.17) is 16.7 Å². The fourth-order valence-corrected chi connectivity index (χ4v) is 4.98. The number of aliphatic carboxylic acids is 1. The smallest absolute Gasteiger partial charge is 0.307 e. The third-order valence-electron chi connectivity index (χ3n) is 6.37. The van der Waals surface area contributed by atoms with Gasteiger partial charge in [-0.3, -0.25) is 4.79 Å². The summed E-state index contributed by atoms with van der Waals surface area (Å²) in [6, 6.07) is 5.27. The highest BCUT2D eigenvalue weighted by Crippen LogP contribution is 2.44. The van der Waals surface area contributed by atoms with Crippen LogP contribution in [0.1, 0.15) is 69.3 Å². The molecule has 1 aromatic carbocycles. The minimum absolute atomic E-state index is 0.134. The average Bonchev–Trinajstić information content (AvgIpc) is 2.64. The van der Waals surface area contributed by atoms with Crippen LogP contribution in [0.4, 0.5) is 4.39 Å². The summed E-state index contributed by atoms with van der Waals surface area (Å²) in [7, 11) is 0. The molecule has 0 radical (unpaired) electrons. The molecule has 4 heteroatoms. The number of hydrogen-bond acceptors (Lipinski definition) is 1. The van der Waals surface area contributed by atoms with Crippen molar-refractivity contribution in [3.05, 3.63) is 46.8 Å². The Hall–Kier alpha value is -1.35. The number of halogens is 2. The Morgan fingerprint density at radius 2 is 1.69 bits per heavy atom. The van der Waals surface area contributed by atoms with E-state index in [1.165, 1.54) is 38.5 Å². The number of benzene rings is 1. The summed E-state index contributed by atoms with van der Waals surface area (Å²) in [4.78, 5) is 10.6. The van der Waals surface area contributed by atoms with E-state index in [-0.39, 0.29) is 17.3 Å². The van der Waals surface area contributed by atoms with Crippen LogP contribution in [-0.4, -0.2) is 11.1 Å². The molecule has 2 fully saturated rings. The van der Waals surface area contributed by atoms with Crippen LogP contribution in [0.5, 0.6) is 0 Å². The van der Waals surface area contributed by atoms with E-state index in [9.17, 15) is 9.18 Å². The molecule has 0 aliphatic heterocycles. The van der Waals surface area contributed by atoms with E-state index in [1.54, 1.807) is 12.1 Å². The highest BCUT2D eigenvalue weighted by atomic mass is 35.5. The van der Waals surface area contributed by atoms with E-state index in [1.807, 2.05) is 12.1 Å². The van der Waals surface area contributed by atoms with Crippen LogP contribution >= 0.6 is 11.6 Å². The summed E-state index contributed by atoms with van der Waals surface area (Å²) < 4.78 is 13.7. The van der Waals surface area contributed by atoms with Gasteiger partial charge in [0.05, 0.1) is 11.4 Å². The second kappa shape index (κ2) is 9.03. The van der Waals surface area contributed by atoms with Crippen molar-refractivity contribution in [2.24, 2.45) is 17.8 Å². The number of hydrogen-bond donors (Lipinski definition) is 1. The Balaban J connectivity index is 1.45. The molecular formula is C22H28ClFO2. The molecule has 2 aliphatic carbocycles. The quantitative estimate of drug-likeness (QED) is 0.586. The summed E-state index contributed by atoms with van der Waals surface area (Å²) >= 11 is 5.79.